The largest absolute Gasteiger partial charge is 0.420 e. The molecule has 0 radical (unpaired) electrons. The highest BCUT2D eigenvalue weighted by atomic mass is 35.5. The van der Waals surface area contributed by atoms with E-state index in [1.165, 1.54) is 11.8 Å². The Bertz CT molecular complexity index is 792. The molecule has 24 heavy (non-hydrogen) atoms. The van der Waals surface area contributed by atoms with Gasteiger partial charge in [0.2, 0.25) is 11.8 Å². The molecule has 126 valence electrons. The number of methoxy groups -OCH3 is 1. The summed E-state index contributed by atoms with van der Waals surface area (Å²) in [6, 6.07) is 7.37. The van der Waals surface area contributed by atoms with Gasteiger partial charge in [0.1, 0.15) is 6.33 Å². The fourth-order valence-corrected chi connectivity index (χ4v) is 3.07. The van der Waals surface area contributed by atoms with Gasteiger partial charge < -0.3 is 13.7 Å². The third-order valence-corrected chi connectivity index (χ3v) is 4.52. The number of halogens is 1. The van der Waals surface area contributed by atoms with Gasteiger partial charge in [-0.05, 0) is 18.6 Å². The molecule has 1 aromatic carbocycles. The van der Waals surface area contributed by atoms with Gasteiger partial charge in [0, 0.05) is 20.3 Å². The van der Waals surface area contributed by atoms with Gasteiger partial charge in [-0.1, -0.05) is 35.5 Å². The summed E-state index contributed by atoms with van der Waals surface area (Å²) in [5, 5.41) is 17.6. The van der Waals surface area contributed by atoms with Gasteiger partial charge in [-0.15, -0.1) is 20.4 Å². The van der Waals surface area contributed by atoms with Gasteiger partial charge in [0.05, 0.1) is 16.3 Å². The van der Waals surface area contributed by atoms with E-state index in [2.05, 4.69) is 20.4 Å². The summed E-state index contributed by atoms with van der Waals surface area (Å²) < 4.78 is 12.7. The number of ether oxygens (including phenoxy) is 1. The maximum absolute atomic E-state index is 6.14. The maximum Gasteiger partial charge on any atom is 0.249 e. The Balaban J connectivity index is 1.62. The van der Waals surface area contributed by atoms with Crippen molar-refractivity contribution in [2.24, 2.45) is 0 Å². The average molecular weight is 366 g/mol. The van der Waals surface area contributed by atoms with Crippen LogP contribution in [0.2, 0.25) is 5.02 Å². The minimum absolute atomic E-state index is 0.415. The van der Waals surface area contributed by atoms with Crippen LogP contribution in [-0.2, 0) is 17.0 Å². The van der Waals surface area contributed by atoms with Crippen molar-refractivity contribution < 1.29 is 9.15 Å². The maximum atomic E-state index is 6.14. The number of benzene rings is 1. The second-order valence-corrected chi connectivity index (χ2v) is 6.27. The van der Waals surface area contributed by atoms with Crippen LogP contribution in [0.3, 0.4) is 0 Å². The topological polar surface area (TPSA) is 78.9 Å². The molecule has 3 rings (SSSR count). The quantitative estimate of drug-likeness (QED) is 0.447. The van der Waals surface area contributed by atoms with Gasteiger partial charge in [0.25, 0.3) is 0 Å². The predicted octanol–water partition coefficient (Wildman–Crippen LogP) is 3.31. The van der Waals surface area contributed by atoms with Crippen LogP contribution in [-0.4, -0.2) is 38.7 Å². The highest BCUT2D eigenvalue weighted by Gasteiger charge is 2.13. The highest BCUT2D eigenvalue weighted by Crippen LogP contribution is 2.28. The van der Waals surface area contributed by atoms with Crippen molar-refractivity contribution in [3.05, 3.63) is 41.5 Å². The zero-order valence-electron chi connectivity index (χ0n) is 13.1. The van der Waals surface area contributed by atoms with Crippen molar-refractivity contribution >= 4 is 23.4 Å². The van der Waals surface area contributed by atoms with Crippen LogP contribution < -0.4 is 0 Å². The molecular formula is C15H16ClN5O2S. The van der Waals surface area contributed by atoms with Crippen LogP contribution >= 0.6 is 23.4 Å². The summed E-state index contributed by atoms with van der Waals surface area (Å²) in [6.07, 6.45) is 2.61. The lowest BCUT2D eigenvalue weighted by molar-refractivity contribution is 0.189. The second-order valence-electron chi connectivity index (χ2n) is 4.92. The highest BCUT2D eigenvalue weighted by molar-refractivity contribution is 7.98. The molecule has 0 aliphatic heterocycles. The lowest BCUT2D eigenvalue weighted by atomic mass is 10.2. The fourth-order valence-electron chi connectivity index (χ4n) is 2.07. The molecule has 0 atom stereocenters. The molecule has 0 bridgehead atoms. The summed E-state index contributed by atoms with van der Waals surface area (Å²) in [6.45, 7) is 1.50. The molecule has 9 heteroatoms. The molecule has 3 aromatic rings. The molecule has 0 aliphatic rings. The number of aryl methyl sites for hydroxylation is 1. The van der Waals surface area contributed by atoms with E-state index in [0.717, 1.165) is 23.7 Å². The van der Waals surface area contributed by atoms with Crippen LogP contribution in [0.1, 0.15) is 12.3 Å². The van der Waals surface area contributed by atoms with Crippen molar-refractivity contribution in [2.75, 3.05) is 13.7 Å². The van der Waals surface area contributed by atoms with Crippen LogP contribution in [0.15, 0.2) is 40.2 Å². The molecule has 0 spiro atoms. The molecule has 7 nitrogen and oxygen atoms in total. The lowest BCUT2D eigenvalue weighted by Gasteiger charge is -2.04. The summed E-state index contributed by atoms with van der Waals surface area (Å²) in [7, 11) is 1.69. The second kappa shape index (κ2) is 8.27. The van der Waals surface area contributed by atoms with Crippen molar-refractivity contribution in [1.82, 2.24) is 25.0 Å². The van der Waals surface area contributed by atoms with Crippen molar-refractivity contribution in [3.63, 3.8) is 0 Å². The molecule has 0 amide bonds. The van der Waals surface area contributed by atoms with Gasteiger partial charge in [-0.25, -0.2) is 0 Å². The zero-order valence-corrected chi connectivity index (χ0v) is 14.6. The van der Waals surface area contributed by atoms with Gasteiger partial charge in [0.15, 0.2) is 5.16 Å². The van der Waals surface area contributed by atoms with Crippen molar-refractivity contribution in [3.8, 4) is 11.5 Å². The molecule has 2 aromatic heterocycles. The Hall–Kier alpha value is -1.90. The van der Waals surface area contributed by atoms with E-state index in [1.54, 1.807) is 19.5 Å². The van der Waals surface area contributed by atoms with E-state index >= 15 is 0 Å². The van der Waals surface area contributed by atoms with Crippen molar-refractivity contribution in [1.29, 1.82) is 0 Å². The SMILES string of the molecule is COCCCn1cnnc1SCc1nnc(-c2ccccc2Cl)o1. The number of hydrogen-bond acceptors (Lipinski definition) is 7. The third kappa shape index (κ3) is 4.14. The number of rotatable bonds is 8. The lowest BCUT2D eigenvalue weighted by Crippen LogP contribution is -2.02. The first-order valence-electron chi connectivity index (χ1n) is 7.34. The number of hydrogen-bond donors (Lipinski definition) is 0. The van der Waals surface area contributed by atoms with Crippen LogP contribution in [0.5, 0.6) is 0 Å². The van der Waals surface area contributed by atoms with Crippen molar-refractivity contribution in [2.45, 2.75) is 23.9 Å². The van der Waals surface area contributed by atoms with Gasteiger partial charge in [-0.3, -0.25) is 0 Å². The van der Waals surface area contributed by atoms with E-state index in [9.17, 15) is 0 Å². The minimum atomic E-state index is 0.415. The van der Waals surface area contributed by atoms with Crippen LogP contribution in [0.25, 0.3) is 11.5 Å². The third-order valence-electron chi connectivity index (χ3n) is 3.22. The summed E-state index contributed by atoms with van der Waals surface area (Å²) in [5.41, 5.74) is 0.727. The first kappa shape index (κ1) is 16.9. The Morgan fingerprint density at radius 1 is 1.25 bits per heavy atom. The molecule has 0 saturated heterocycles. The molecular weight excluding hydrogens is 350 g/mol. The van der Waals surface area contributed by atoms with Gasteiger partial charge >= 0.3 is 0 Å². The number of nitrogens with zero attached hydrogens (tertiary/aromatic N) is 5. The monoisotopic (exact) mass is 365 g/mol. The first-order chi connectivity index (χ1) is 11.8. The van der Waals surface area contributed by atoms with E-state index in [-0.39, 0.29) is 0 Å². The normalized spacial score (nSPS) is 11.1. The molecule has 2 heterocycles. The molecule has 0 saturated carbocycles. The van der Waals surface area contributed by atoms with E-state index < -0.39 is 0 Å². The van der Waals surface area contributed by atoms with Crippen LogP contribution in [0.4, 0.5) is 0 Å². The Morgan fingerprint density at radius 2 is 2.12 bits per heavy atom. The number of aromatic nitrogens is 5. The first-order valence-corrected chi connectivity index (χ1v) is 8.71. The summed E-state index contributed by atoms with van der Waals surface area (Å²) in [5.74, 6) is 1.44. The Labute approximate surface area is 148 Å². The molecule has 0 aliphatic carbocycles. The Kier molecular flexibility index (Phi) is 5.84. The smallest absolute Gasteiger partial charge is 0.249 e. The summed E-state index contributed by atoms with van der Waals surface area (Å²) in [4.78, 5) is 0. The average Bonchev–Trinajstić information content (AvgIpc) is 3.23. The van der Waals surface area contributed by atoms with E-state index in [1.807, 2.05) is 22.8 Å². The Morgan fingerprint density at radius 3 is 2.96 bits per heavy atom. The standard InChI is InChI=1S/C15H16ClN5O2S/c1-22-8-4-7-21-10-17-20-15(21)24-9-13-18-19-14(23-13)11-5-2-3-6-12(11)16/h2-3,5-6,10H,4,7-9H2,1H3. The van der Waals surface area contributed by atoms with E-state index in [4.69, 9.17) is 20.8 Å². The summed E-state index contributed by atoms with van der Waals surface area (Å²) >= 11 is 7.64. The predicted molar refractivity (Wildman–Crippen MR) is 90.8 cm³/mol. The van der Waals surface area contributed by atoms with E-state index in [0.29, 0.717) is 29.2 Å². The minimum Gasteiger partial charge on any atom is -0.420 e. The van der Waals surface area contributed by atoms with Gasteiger partial charge in [-0.2, -0.15) is 0 Å². The number of thioether (sulfide) groups is 1. The fraction of sp³-hybridized carbons (Fsp3) is 0.333. The zero-order chi connectivity index (χ0) is 16.8. The molecule has 0 N–H and O–H groups in total. The molecule has 0 fully saturated rings. The molecule has 0 unspecified atom stereocenters. The van der Waals surface area contributed by atoms with Crippen LogP contribution in [0, 0.1) is 0 Å².